The maximum atomic E-state index is 13.9. The molecule has 1 aromatic rings. The summed E-state index contributed by atoms with van der Waals surface area (Å²) in [5.41, 5.74) is 2.01. The van der Waals surface area contributed by atoms with Crippen LogP contribution in [-0.2, 0) is 0 Å². The highest BCUT2D eigenvalue weighted by Crippen LogP contribution is 2.44. The van der Waals surface area contributed by atoms with Crippen molar-refractivity contribution in [1.82, 2.24) is 0 Å². The predicted molar refractivity (Wildman–Crippen MR) is 115 cm³/mol. The van der Waals surface area contributed by atoms with Crippen LogP contribution in [0.3, 0.4) is 0 Å². The van der Waals surface area contributed by atoms with Gasteiger partial charge in [0.25, 0.3) is 0 Å². The number of benzene rings is 1. The molecule has 0 nitrogen and oxygen atoms in total. The van der Waals surface area contributed by atoms with Gasteiger partial charge in [-0.3, -0.25) is 0 Å². The van der Waals surface area contributed by atoms with Crippen LogP contribution in [0.15, 0.2) is 18.2 Å². The first-order chi connectivity index (χ1) is 13.2. The van der Waals surface area contributed by atoms with Crippen molar-refractivity contribution >= 4 is 0 Å². The number of halogens is 1. The van der Waals surface area contributed by atoms with Gasteiger partial charge in [0.05, 0.1) is 0 Å². The Morgan fingerprint density at radius 2 is 1.44 bits per heavy atom. The van der Waals surface area contributed by atoms with Crippen molar-refractivity contribution in [3.8, 4) is 0 Å². The molecule has 2 aliphatic carbocycles. The van der Waals surface area contributed by atoms with Crippen molar-refractivity contribution in [2.24, 2.45) is 17.8 Å². The van der Waals surface area contributed by atoms with E-state index in [4.69, 9.17) is 0 Å². The molecule has 0 aromatic heterocycles. The number of rotatable bonds is 8. The fourth-order valence-corrected chi connectivity index (χ4v) is 5.77. The molecule has 1 heteroatoms. The van der Waals surface area contributed by atoms with Crippen molar-refractivity contribution in [3.05, 3.63) is 35.1 Å². The van der Waals surface area contributed by atoms with E-state index in [9.17, 15) is 4.39 Å². The van der Waals surface area contributed by atoms with E-state index in [1.807, 2.05) is 13.0 Å². The highest BCUT2D eigenvalue weighted by molar-refractivity contribution is 5.26. The van der Waals surface area contributed by atoms with Crippen molar-refractivity contribution < 1.29 is 4.39 Å². The third kappa shape index (κ3) is 6.06. The third-order valence-corrected chi connectivity index (χ3v) is 7.71. The minimum Gasteiger partial charge on any atom is -0.207 e. The van der Waals surface area contributed by atoms with Gasteiger partial charge in [-0.2, -0.15) is 0 Å². The first-order valence-corrected chi connectivity index (χ1v) is 11.9. The van der Waals surface area contributed by atoms with Gasteiger partial charge in [0.1, 0.15) is 5.82 Å². The summed E-state index contributed by atoms with van der Waals surface area (Å²) >= 11 is 0. The summed E-state index contributed by atoms with van der Waals surface area (Å²) in [5.74, 6) is 3.52. The van der Waals surface area contributed by atoms with E-state index in [2.05, 4.69) is 13.0 Å². The maximum absolute atomic E-state index is 13.9. The molecule has 0 saturated heterocycles. The molecule has 0 aliphatic heterocycles. The summed E-state index contributed by atoms with van der Waals surface area (Å²) in [5, 5.41) is 0. The van der Waals surface area contributed by atoms with E-state index in [1.165, 1.54) is 95.5 Å². The Hall–Kier alpha value is -0.850. The van der Waals surface area contributed by atoms with Gasteiger partial charge in [0.2, 0.25) is 0 Å². The molecule has 0 radical (unpaired) electrons. The number of aryl methyl sites for hydroxylation is 1. The molecule has 27 heavy (non-hydrogen) atoms. The lowest BCUT2D eigenvalue weighted by Gasteiger charge is -2.38. The summed E-state index contributed by atoms with van der Waals surface area (Å²) in [6.07, 6.45) is 19.8. The Morgan fingerprint density at radius 3 is 2.07 bits per heavy atom. The molecule has 0 bridgehead atoms. The molecule has 0 atom stereocenters. The fraction of sp³-hybridized carbons (Fsp3) is 0.769. The molecule has 0 amide bonds. The van der Waals surface area contributed by atoms with Crippen molar-refractivity contribution in [2.45, 2.75) is 110 Å². The molecule has 0 unspecified atom stereocenters. The van der Waals surface area contributed by atoms with Crippen LogP contribution < -0.4 is 0 Å². The van der Waals surface area contributed by atoms with Crippen molar-refractivity contribution in [1.29, 1.82) is 0 Å². The molecule has 1 aromatic carbocycles. The highest BCUT2D eigenvalue weighted by atomic mass is 19.1. The van der Waals surface area contributed by atoms with Crippen molar-refractivity contribution in [2.75, 3.05) is 0 Å². The van der Waals surface area contributed by atoms with Gasteiger partial charge >= 0.3 is 0 Å². The van der Waals surface area contributed by atoms with E-state index < -0.39 is 0 Å². The van der Waals surface area contributed by atoms with Gasteiger partial charge < -0.3 is 0 Å². The molecular formula is C26H41F. The van der Waals surface area contributed by atoms with Gasteiger partial charge in [0.15, 0.2) is 0 Å². The van der Waals surface area contributed by atoms with Crippen LogP contribution in [0.4, 0.5) is 4.39 Å². The molecular weight excluding hydrogens is 331 g/mol. The molecule has 0 N–H and O–H groups in total. The summed E-state index contributed by atoms with van der Waals surface area (Å²) in [6, 6.07) is 5.92. The normalized spacial score (nSPS) is 29.0. The van der Waals surface area contributed by atoms with Gasteiger partial charge in [0, 0.05) is 0 Å². The Bertz CT molecular complexity index is 547. The van der Waals surface area contributed by atoms with E-state index in [0.717, 1.165) is 23.3 Å². The maximum Gasteiger partial charge on any atom is 0.126 e. The average Bonchev–Trinajstić information content (AvgIpc) is 2.71. The largest absolute Gasteiger partial charge is 0.207 e. The Kier molecular flexibility index (Phi) is 8.22. The first-order valence-electron chi connectivity index (χ1n) is 11.9. The molecule has 2 aliphatic rings. The molecule has 0 spiro atoms. The number of hydrogen-bond acceptors (Lipinski definition) is 0. The quantitative estimate of drug-likeness (QED) is 0.401. The standard InChI is InChI=1S/C26H41F/c1-3-4-5-6-7-8-21-10-13-22(14-11-21)23-15-17-24(18-16-23)25-12-9-20(2)26(27)19-25/h9,12,19,21-24H,3-8,10-11,13-18H2,1-2H3. The lowest BCUT2D eigenvalue weighted by atomic mass is 9.68. The summed E-state index contributed by atoms with van der Waals surface area (Å²) in [4.78, 5) is 0. The minimum atomic E-state index is -0.0253. The lowest BCUT2D eigenvalue weighted by Crippen LogP contribution is -2.25. The van der Waals surface area contributed by atoms with Gasteiger partial charge in [-0.15, -0.1) is 0 Å². The number of hydrogen-bond donors (Lipinski definition) is 0. The summed E-state index contributed by atoms with van der Waals surface area (Å²) in [7, 11) is 0. The fourth-order valence-electron chi connectivity index (χ4n) is 5.77. The van der Waals surface area contributed by atoms with Crippen LogP contribution in [0.5, 0.6) is 0 Å². The van der Waals surface area contributed by atoms with Crippen LogP contribution >= 0.6 is 0 Å². The second-order valence-corrected chi connectivity index (χ2v) is 9.60. The Morgan fingerprint density at radius 1 is 0.815 bits per heavy atom. The summed E-state index contributed by atoms with van der Waals surface area (Å²) < 4.78 is 13.9. The zero-order chi connectivity index (χ0) is 19.1. The monoisotopic (exact) mass is 372 g/mol. The minimum absolute atomic E-state index is 0.0253. The van der Waals surface area contributed by atoms with Crippen LogP contribution in [0.25, 0.3) is 0 Å². The number of unbranched alkanes of at least 4 members (excludes halogenated alkanes) is 4. The highest BCUT2D eigenvalue weighted by Gasteiger charge is 2.31. The van der Waals surface area contributed by atoms with E-state index in [0.29, 0.717) is 5.92 Å². The topological polar surface area (TPSA) is 0 Å². The van der Waals surface area contributed by atoms with E-state index >= 15 is 0 Å². The van der Waals surface area contributed by atoms with Gasteiger partial charge in [-0.25, -0.2) is 4.39 Å². The van der Waals surface area contributed by atoms with Gasteiger partial charge in [-0.1, -0.05) is 70.4 Å². The van der Waals surface area contributed by atoms with E-state index in [1.54, 1.807) is 6.07 Å². The molecule has 2 fully saturated rings. The summed E-state index contributed by atoms with van der Waals surface area (Å²) in [6.45, 7) is 4.16. The SMILES string of the molecule is CCCCCCCC1CCC(C2CCC(c3ccc(C)c(F)c3)CC2)CC1. The zero-order valence-electron chi connectivity index (χ0n) is 17.8. The molecule has 152 valence electrons. The third-order valence-electron chi connectivity index (χ3n) is 7.71. The first kappa shape index (κ1) is 20.9. The predicted octanol–water partition coefficient (Wildman–Crippen LogP) is 8.57. The average molecular weight is 373 g/mol. The smallest absolute Gasteiger partial charge is 0.126 e. The Balaban J connectivity index is 1.36. The molecule has 2 saturated carbocycles. The van der Waals surface area contributed by atoms with Crippen LogP contribution in [0.1, 0.15) is 114 Å². The van der Waals surface area contributed by atoms with Gasteiger partial charge in [-0.05, 0) is 86.3 Å². The second kappa shape index (κ2) is 10.6. The van der Waals surface area contributed by atoms with Crippen LogP contribution in [0.2, 0.25) is 0 Å². The Labute approximate surface area is 167 Å². The molecule has 0 heterocycles. The zero-order valence-corrected chi connectivity index (χ0v) is 17.8. The second-order valence-electron chi connectivity index (χ2n) is 9.60. The molecule has 3 rings (SSSR count). The van der Waals surface area contributed by atoms with Crippen LogP contribution in [-0.4, -0.2) is 0 Å². The van der Waals surface area contributed by atoms with Crippen molar-refractivity contribution in [3.63, 3.8) is 0 Å². The van der Waals surface area contributed by atoms with E-state index in [-0.39, 0.29) is 5.82 Å². The van der Waals surface area contributed by atoms with Crippen LogP contribution in [0, 0.1) is 30.5 Å². The lowest BCUT2D eigenvalue weighted by molar-refractivity contribution is 0.155.